The molecule has 0 aromatic heterocycles. The van der Waals surface area contributed by atoms with Gasteiger partial charge < -0.3 is 5.32 Å². The van der Waals surface area contributed by atoms with Crippen molar-refractivity contribution in [3.63, 3.8) is 0 Å². The van der Waals surface area contributed by atoms with Gasteiger partial charge in [0.05, 0.1) is 23.5 Å². The van der Waals surface area contributed by atoms with Crippen LogP contribution in [0.3, 0.4) is 0 Å². The van der Waals surface area contributed by atoms with Crippen molar-refractivity contribution in [2.45, 2.75) is 26.1 Å². The molecule has 1 unspecified atom stereocenters. The minimum Gasteiger partial charge on any atom is -0.348 e. The van der Waals surface area contributed by atoms with Crippen LogP contribution in [-0.2, 0) is 21.0 Å². The Morgan fingerprint density at radius 1 is 1.11 bits per heavy atom. The number of para-hydroxylation sites is 1. The van der Waals surface area contributed by atoms with Gasteiger partial charge in [0.15, 0.2) is 0 Å². The summed E-state index contributed by atoms with van der Waals surface area (Å²) in [5, 5.41) is 2.62. The third kappa shape index (κ3) is 5.48. The number of halogens is 3. The third-order valence-electron chi connectivity index (χ3n) is 4.19. The number of rotatable bonds is 6. The zero-order valence-electron chi connectivity index (χ0n) is 15.6. The Balaban J connectivity index is 2.13. The summed E-state index contributed by atoms with van der Waals surface area (Å²) in [5.74, 6) is -0.568. The maximum Gasteiger partial charge on any atom is 0.416 e. The summed E-state index contributed by atoms with van der Waals surface area (Å²) in [6.45, 7) is 2.91. The summed E-state index contributed by atoms with van der Waals surface area (Å²) >= 11 is 0. The molecule has 5 nitrogen and oxygen atoms in total. The highest BCUT2D eigenvalue weighted by Gasteiger charge is 2.30. The van der Waals surface area contributed by atoms with E-state index in [0.717, 1.165) is 22.7 Å². The number of carbonyl (C=O) groups is 1. The first kappa shape index (κ1) is 21.7. The first-order valence-corrected chi connectivity index (χ1v) is 10.2. The number of alkyl halides is 3. The van der Waals surface area contributed by atoms with Crippen molar-refractivity contribution in [3.8, 4) is 0 Å². The van der Waals surface area contributed by atoms with Crippen molar-refractivity contribution in [2.24, 2.45) is 0 Å². The molecule has 0 saturated carbocycles. The van der Waals surface area contributed by atoms with Gasteiger partial charge in [-0.15, -0.1) is 0 Å². The Hall–Kier alpha value is -2.55. The molecule has 9 heteroatoms. The van der Waals surface area contributed by atoms with Crippen LogP contribution in [0.1, 0.15) is 29.7 Å². The van der Waals surface area contributed by atoms with Crippen LogP contribution in [-0.4, -0.2) is 27.1 Å². The number of nitrogens with one attached hydrogen (secondary N) is 1. The summed E-state index contributed by atoms with van der Waals surface area (Å²) < 4.78 is 63.2. The molecule has 0 aliphatic heterocycles. The molecule has 0 aliphatic carbocycles. The van der Waals surface area contributed by atoms with Crippen molar-refractivity contribution in [2.75, 3.05) is 17.1 Å². The number of sulfonamides is 1. The van der Waals surface area contributed by atoms with Gasteiger partial charge in [-0.2, -0.15) is 13.2 Å². The number of anilines is 1. The van der Waals surface area contributed by atoms with Crippen LogP contribution >= 0.6 is 0 Å². The van der Waals surface area contributed by atoms with Crippen molar-refractivity contribution >= 4 is 21.6 Å². The summed E-state index contributed by atoms with van der Waals surface area (Å²) in [6.07, 6.45) is -3.43. The van der Waals surface area contributed by atoms with Gasteiger partial charge in [0.1, 0.15) is 6.54 Å². The Morgan fingerprint density at radius 3 is 2.18 bits per heavy atom. The van der Waals surface area contributed by atoms with Gasteiger partial charge in [-0.05, 0) is 43.2 Å². The normalized spacial score (nSPS) is 13.1. The first-order chi connectivity index (χ1) is 12.9. The lowest BCUT2D eigenvalue weighted by Gasteiger charge is -2.24. The Kier molecular flexibility index (Phi) is 6.38. The molecular weight excluding hydrogens is 393 g/mol. The molecule has 28 heavy (non-hydrogen) atoms. The van der Waals surface area contributed by atoms with Crippen molar-refractivity contribution in [1.29, 1.82) is 0 Å². The van der Waals surface area contributed by atoms with E-state index in [4.69, 9.17) is 0 Å². The molecule has 0 radical (unpaired) electrons. The second-order valence-electron chi connectivity index (χ2n) is 6.47. The van der Waals surface area contributed by atoms with E-state index in [1.807, 2.05) is 0 Å². The number of hydrogen-bond donors (Lipinski definition) is 1. The molecule has 0 spiro atoms. The van der Waals surface area contributed by atoms with E-state index in [0.29, 0.717) is 16.8 Å². The Morgan fingerprint density at radius 2 is 1.68 bits per heavy atom. The quantitative estimate of drug-likeness (QED) is 0.785. The molecule has 1 atom stereocenters. The van der Waals surface area contributed by atoms with Crippen LogP contribution in [0.5, 0.6) is 0 Å². The van der Waals surface area contributed by atoms with Crippen LogP contribution in [0.15, 0.2) is 48.5 Å². The van der Waals surface area contributed by atoms with E-state index in [9.17, 15) is 26.4 Å². The fraction of sp³-hybridized carbons (Fsp3) is 0.316. The van der Waals surface area contributed by atoms with Gasteiger partial charge in [0.25, 0.3) is 0 Å². The number of aryl methyl sites for hydroxylation is 1. The molecule has 0 heterocycles. The third-order valence-corrected chi connectivity index (χ3v) is 5.31. The summed E-state index contributed by atoms with van der Waals surface area (Å²) in [4.78, 5) is 12.4. The molecule has 1 amide bonds. The van der Waals surface area contributed by atoms with E-state index in [2.05, 4.69) is 5.32 Å². The zero-order valence-corrected chi connectivity index (χ0v) is 16.4. The van der Waals surface area contributed by atoms with Crippen molar-refractivity contribution in [3.05, 3.63) is 65.2 Å². The van der Waals surface area contributed by atoms with Crippen LogP contribution in [0.25, 0.3) is 0 Å². The molecular formula is C19H21F3N2O3S. The fourth-order valence-electron chi connectivity index (χ4n) is 2.69. The van der Waals surface area contributed by atoms with Gasteiger partial charge in [0.2, 0.25) is 15.9 Å². The highest BCUT2D eigenvalue weighted by molar-refractivity contribution is 7.92. The van der Waals surface area contributed by atoms with E-state index >= 15 is 0 Å². The van der Waals surface area contributed by atoms with E-state index < -0.39 is 40.3 Å². The SMILES string of the molecule is Cc1ccccc1N(CC(=O)NC(C)c1ccc(C(F)(F)F)cc1)S(C)(=O)=O. The summed E-state index contributed by atoms with van der Waals surface area (Å²) in [6, 6.07) is 10.6. The molecule has 0 fully saturated rings. The predicted octanol–water partition coefficient (Wildman–Crippen LogP) is 3.66. The highest BCUT2D eigenvalue weighted by atomic mass is 32.2. The van der Waals surface area contributed by atoms with E-state index in [1.165, 1.54) is 12.1 Å². The molecule has 0 aliphatic rings. The molecule has 0 saturated heterocycles. The molecule has 2 aromatic carbocycles. The molecule has 1 N–H and O–H groups in total. The fourth-order valence-corrected chi connectivity index (χ4v) is 3.60. The van der Waals surface area contributed by atoms with Gasteiger partial charge in [-0.1, -0.05) is 30.3 Å². The van der Waals surface area contributed by atoms with Gasteiger partial charge >= 0.3 is 6.18 Å². The Labute approximate surface area is 162 Å². The average Bonchev–Trinajstić information content (AvgIpc) is 2.59. The summed E-state index contributed by atoms with van der Waals surface area (Å²) in [5.41, 5.74) is 0.777. The topological polar surface area (TPSA) is 66.5 Å². The van der Waals surface area contributed by atoms with Crippen LogP contribution in [0.2, 0.25) is 0 Å². The van der Waals surface area contributed by atoms with Crippen LogP contribution in [0.4, 0.5) is 18.9 Å². The number of benzene rings is 2. The lowest BCUT2D eigenvalue weighted by Crippen LogP contribution is -2.41. The lowest BCUT2D eigenvalue weighted by molar-refractivity contribution is -0.137. The molecule has 152 valence electrons. The monoisotopic (exact) mass is 414 g/mol. The van der Waals surface area contributed by atoms with Crippen LogP contribution in [0, 0.1) is 6.92 Å². The van der Waals surface area contributed by atoms with Gasteiger partial charge in [-0.3, -0.25) is 9.10 Å². The number of hydrogen-bond acceptors (Lipinski definition) is 3. The standard InChI is InChI=1S/C19H21F3N2O3S/c1-13-6-4-5-7-17(13)24(28(3,26)27)12-18(25)23-14(2)15-8-10-16(11-9-15)19(20,21)22/h4-11,14H,12H2,1-3H3,(H,23,25). The maximum atomic E-state index is 12.6. The number of carbonyl (C=O) groups excluding carboxylic acids is 1. The lowest BCUT2D eigenvalue weighted by atomic mass is 10.1. The minimum atomic E-state index is -4.44. The van der Waals surface area contributed by atoms with Gasteiger partial charge in [-0.25, -0.2) is 8.42 Å². The average molecular weight is 414 g/mol. The minimum absolute atomic E-state index is 0.391. The van der Waals surface area contributed by atoms with Crippen molar-refractivity contribution in [1.82, 2.24) is 5.32 Å². The smallest absolute Gasteiger partial charge is 0.348 e. The zero-order chi connectivity index (χ0) is 21.1. The number of amides is 1. The largest absolute Gasteiger partial charge is 0.416 e. The van der Waals surface area contributed by atoms with E-state index in [1.54, 1.807) is 38.1 Å². The molecule has 2 aromatic rings. The first-order valence-electron chi connectivity index (χ1n) is 8.39. The van der Waals surface area contributed by atoms with E-state index in [-0.39, 0.29) is 0 Å². The van der Waals surface area contributed by atoms with Crippen molar-refractivity contribution < 1.29 is 26.4 Å². The predicted molar refractivity (Wildman–Crippen MR) is 101 cm³/mol. The number of nitrogens with zero attached hydrogens (tertiary/aromatic N) is 1. The second kappa shape index (κ2) is 8.22. The highest BCUT2D eigenvalue weighted by Crippen LogP contribution is 2.30. The van der Waals surface area contributed by atoms with Gasteiger partial charge in [0, 0.05) is 0 Å². The maximum absolute atomic E-state index is 12.6. The molecule has 0 bridgehead atoms. The summed E-state index contributed by atoms with van der Waals surface area (Å²) in [7, 11) is -3.71. The molecule has 2 rings (SSSR count). The second-order valence-corrected chi connectivity index (χ2v) is 8.37. The van der Waals surface area contributed by atoms with Crippen LogP contribution < -0.4 is 9.62 Å². The Bertz CT molecular complexity index is 942.